The van der Waals surface area contributed by atoms with Crippen LogP contribution in [0.3, 0.4) is 0 Å². The molecule has 0 aliphatic rings. The number of pyridine rings is 1. The van der Waals surface area contributed by atoms with Crippen molar-refractivity contribution in [2.24, 2.45) is 0 Å². The van der Waals surface area contributed by atoms with E-state index in [-0.39, 0.29) is 0 Å². The fourth-order valence-corrected chi connectivity index (χ4v) is 1.37. The average molecular weight is 176 g/mol. The highest BCUT2D eigenvalue weighted by molar-refractivity contribution is 6.60. The summed E-state index contributed by atoms with van der Waals surface area (Å²) in [6.07, 6.45) is 3.42. The Morgan fingerprint density at radius 2 is 2.15 bits per heavy atom. The lowest BCUT2D eigenvalue weighted by molar-refractivity contribution is 0.426. The van der Waals surface area contributed by atoms with Crippen molar-refractivity contribution >= 4 is 18.2 Å². The Hall–Kier alpha value is -1.33. The second-order valence-electron chi connectivity index (χ2n) is 2.92. The third-order valence-corrected chi connectivity index (χ3v) is 2.06. The molecule has 2 N–H and O–H groups in total. The van der Waals surface area contributed by atoms with Crippen molar-refractivity contribution in [3.63, 3.8) is 0 Å². The van der Waals surface area contributed by atoms with Crippen LogP contribution in [0.1, 0.15) is 5.69 Å². The van der Waals surface area contributed by atoms with Gasteiger partial charge in [0.2, 0.25) is 0 Å². The van der Waals surface area contributed by atoms with Crippen LogP contribution in [-0.2, 0) is 0 Å². The maximum atomic E-state index is 9.03. The molecule has 4 nitrogen and oxygen atoms in total. The van der Waals surface area contributed by atoms with E-state index in [4.69, 9.17) is 10.0 Å². The number of fused-ring (bicyclic) bond motifs is 1. The third-order valence-electron chi connectivity index (χ3n) is 2.06. The van der Waals surface area contributed by atoms with Gasteiger partial charge in [0.05, 0.1) is 0 Å². The fraction of sp³-hybridized carbons (Fsp3) is 0.125. The monoisotopic (exact) mass is 176 g/mol. The largest absolute Gasteiger partial charge is 0.492 e. The van der Waals surface area contributed by atoms with E-state index in [2.05, 4.69) is 4.98 Å². The van der Waals surface area contributed by atoms with Crippen LogP contribution in [0.15, 0.2) is 24.5 Å². The van der Waals surface area contributed by atoms with Crippen LogP contribution in [0, 0.1) is 6.92 Å². The maximum absolute atomic E-state index is 9.03. The molecule has 0 fully saturated rings. The summed E-state index contributed by atoms with van der Waals surface area (Å²) < 4.78 is 1.81. The van der Waals surface area contributed by atoms with Crippen molar-refractivity contribution in [1.29, 1.82) is 0 Å². The first-order chi connectivity index (χ1) is 6.20. The molecule has 0 atom stereocenters. The minimum atomic E-state index is -1.47. The van der Waals surface area contributed by atoms with Gasteiger partial charge in [0.25, 0.3) is 0 Å². The summed E-state index contributed by atoms with van der Waals surface area (Å²) in [6.45, 7) is 1.93. The van der Waals surface area contributed by atoms with Crippen molar-refractivity contribution in [3.8, 4) is 0 Å². The number of nitrogens with zero attached hydrogens (tertiary/aromatic N) is 2. The van der Waals surface area contributed by atoms with Gasteiger partial charge in [0.1, 0.15) is 5.65 Å². The maximum Gasteiger partial charge on any atom is 0.492 e. The van der Waals surface area contributed by atoms with Gasteiger partial charge in [0, 0.05) is 23.6 Å². The molecule has 13 heavy (non-hydrogen) atoms. The number of aryl methyl sites for hydroxylation is 1. The predicted molar refractivity (Wildman–Crippen MR) is 49.8 cm³/mol. The molecule has 2 aromatic rings. The van der Waals surface area contributed by atoms with Crippen LogP contribution < -0.4 is 5.46 Å². The molecule has 0 amide bonds. The standard InChI is InChI=1S/C8H9BN2O2/c1-6-2-3-7(9(12)13)8-10-4-5-11(6)8/h2-5,12-13H,1H3. The molecule has 2 aromatic heterocycles. The van der Waals surface area contributed by atoms with E-state index in [1.165, 1.54) is 0 Å². The SMILES string of the molecule is Cc1ccc(B(O)O)c2nccn12. The van der Waals surface area contributed by atoms with Crippen LogP contribution in [0.5, 0.6) is 0 Å². The molecular weight excluding hydrogens is 167 g/mol. The normalized spacial score (nSPS) is 10.7. The van der Waals surface area contributed by atoms with Crippen LogP contribution in [0.4, 0.5) is 0 Å². The Morgan fingerprint density at radius 3 is 2.85 bits per heavy atom. The van der Waals surface area contributed by atoms with Gasteiger partial charge in [0.15, 0.2) is 0 Å². The summed E-state index contributed by atoms with van der Waals surface area (Å²) in [5.74, 6) is 0. The quantitative estimate of drug-likeness (QED) is 0.566. The first-order valence-electron chi connectivity index (χ1n) is 3.99. The molecule has 0 radical (unpaired) electrons. The molecular formula is C8H9BN2O2. The molecule has 0 saturated carbocycles. The molecule has 0 spiro atoms. The zero-order chi connectivity index (χ0) is 9.42. The van der Waals surface area contributed by atoms with Gasteiger partial charge in [-0.05, 0) is 13.0 Å². The Morgan fingerprint density at radius 1 is 1.38 bits per heavy atom. The Balaban J connectivity index is 2.78. The number of hydrogen-bond donors (Lipinski definition) is 2. The van der Waals surface area contributed by atoms with Crippen molar-refractivity contribution in [3.05, 3.63) is 30.2 Å². The topological polar surface area (TPSA) is 57.8 Å². The van der Waals surface area contributed by atoms with Crippen LogP contribution in [-0.4, -0.2) is 26.6 Å². The second-order valence-corrected chi connectivity index (χ2v) is 2.92. The van der Waals surface area contributed by atoms with Crippen molar-refractivity contribution in [2.45, 2.75) is 6.92 Å². The van der Waals surface area contributed by atoms with E-state index in [1.807, 2.05) is 17.4 Å². The van der Waals surface area contributed by atoms with Crippen LogP contribution in [0.25, 0.3) is 5.65 Å². The van der Waals surface area contributed by atoms with Gasteiger partial charge in [-0.2, -0.15) is 0 Å². The van der Waals surface area contributed by atoms with Gasteiger partial charge in [-0.25, -0.2) is 4.98 Å². The summed E-state index contributed by atoms with van der Waals surface area (Å²) >= 11 is 0. The lowest BCUT2D eigenvalue weighted by atomic mass is 9.81. The van der Waals surface area contributed by atoms with E-state index < -0.39 is 7.12 Å². The van der Waals surface area contributed by atoms with Gasteiger partial charge in [-0.15, -0.1) is 0 Å². The summed E-state index contributed by atoms with van der Waals surface area (Å²) in [5, 5.41) is 18.1. The number of imidazole rings is 1. The van der Waals surface area contributed by atoms with Crippen LogP contribution >= 0.6 is 0 Å². The Labute approximate surface area is 75.6 Å². The number of rotatable bonds is 1. The van der Waals surface area contributed by atoms with Gasteiger partial charge in [-0.3, -0.25) is 0 Å². The Kier molecular flexibility index (Phi) is 1.83. The predicted octanol–water partition coefficient (Wildman–Crippen LogP) is -0.677. The lowest BCUT2D eigenvalue weighted by Gasteiger charge is -2.04. The van der Waals surface area contributed by atoms with Gasteiger partial charge in [-0.1, -0.05) is 6.07 Å². The molecule has 0 aliphatic heterocycles. The molecule has 0 unspecified atom stereocenters. The zero-order valence-electron chi connectivity index (χ0n) is 7.18. The summed E-state index contributed by atoms with van der Waals surface area (Å²) in [6, 6.07) is 3.49. The minimum Gasteiger partial charge on any atom is -0.423 e. The molecule has 0 bridgehead atoms. The smallest absolute Gasteiger partial charge is 0.423 e. The molecule has 0 aliphatic carbocycles. The third kappa shape index (κ3) is 1.22. The van der Waals surface area contributed by atoms with E-state index >= 15 is 0 Å². The van der Waals surface area contributed by atoms with Crippen molar-refractivity contribution in [1.82, 2.24) is 9.38 Å². The highest BCUT2D eigenvalue weighted by Crippen LogP contribution is 2.02. The van der Waals surface area contributed by atoms with Gasteiger partial charge >= 0.3 is 7.12 Å². The van der Waals surface area contributed by atoms with Crippen molar-refractivity contribution in [2.75, 3.05) is 0 Å². The zero-order valence-corrected chi connectivity index (χ0v) is 7.18. The molecule has 5 heteroatoms. The molecule has 66 valence electrons. The molecule has 0 aromatic carbocycles. The van der Waals surface area contributed by atoms with Crippen LogP contribution in [0.2, 0.25) is 0 Å². The number of aromatic nitrogens is 2. The second kappa shape index (κ2) is 2.87. The average Bonchev–Trinajstić information content (AvgIpc) is 2.53. The van der Waals surface area contributed by atoms with Crippen molar-refractivity contribution < 1.29 is 10.0 Å². The van der Waals surface area contributed by atoms with E-state index in [0.717, 1.165) is 5.69 Å². The van der Waals surface area contributed by atoms with E-state index in [0.29, 0.717) is 11.1 Å². The van der Waals surface area contributed by atoms with E-state index in [1.54, 1.807) is 18.5 Å². The molecule has 2 rings (SSSR count). The lowest BCUT2D eigenvalue weighted by Crippen LogP contribution is -2.31. The highest BCUT2D eigenvalue weighted by atomic mass is 16.4. The molecule has 2 heterocycles. The number of hydrogen-bond acceptors (Lipinski definition) is 3. The molecule has 0 saturated heterocycles. The summed E-state index contributed by atoms with van der Waals surface area (Å²) in [4.78, 5) is 4.04. The fourth-order valence-electron chi connectivity index (χ4n) is 1.37. The minimum absolute atomic E-state index is 0.426. The summed E-state index contributed by atoms with van der Waals surface area (Å²) in [7, 11) is -1.47. The highest BCUT2D eigenvalue weighted by Gasteiger charge is 2.16. The first kappa shape index (κ1) is 8.28. The Bertz CT molecular complexity index is 439. The summed E-state index contributed by atoms with van der Waals surface area (Å²) in [5.41, 5.74) is 2.03. The van der Waals surface area contributed by atoms with E-state index in [9.17, 15) is 0 Å². The first-order valence-corrected chi connectivity index (χ1v) is 3.99. The van der Waals surface area contributed by atoms with Gasteiger partial charge < -0.3 is 14.4 Å².